The van der Waals surface area contributed by atoms with E-state index in [4.69, 9.17) is 13.9 Å². The Morgan fingerprint density at radius 3 is 2.72 bits per heavy atom. The fourth-order valence-corrected chi connectivity index (χ4v) is 3.42. The maximum absolute atomic E-state index is 12.4. The molecule has 0 unspecified atom stereocenters. The van der Waals surface area contributed by atoms with Crippen molar-refractivity contribution in [3.8, 4) is 0 Å². The second-order valence-corrected chi connectivity index (χ2v) is 7.08. The molecule has 2 aromatic heterocycles. The van der Waals surface area contributed by atoms with Crippen molar-refractivity contribution in [1.82, 2.24) is 10.6 Å². The standard InChI is InChI=1S/C20H20N2O6S/c1-26-11-15-14-6-2-3-7-16(14)28-18(15)19(24)27-12-17(23)22-20(25)21-9-8-13-5-4-10-29-13/h2-7,10H,8-9,11-12H2,1H3,(H2,21,22,23,25). The van der Waals surface area contributed by atoms with Crippen LogP contribution in [0.15, 0.2) is 46.2 Å². The highest BCUT2D eigenvalue weighted by molar-refractivity contribution is 7.09. The molecule has 152 valence electrons. The first-order valence-corrected chi connectivity index (χ1v) is 9.73. The van der Waals surface area contributed by atoms with Crippen LogP contribution in [0.3, 0.4) is 0 Å². The largest absolute Gasteiger partial charge is 0.450 e. The summed E-state index contributed by atoms with van der Waals surface area (Å²) in [6.07, 6.45) is 0.669. The van der Waals surface area contributed by atoms with Crippen LogP contribution in [0, 0.1) is 0 Å². The molecule has 2 N–H and O–H groups in total. The second kappa shape index (κ2) is 9.85. The maximum Gasteiger partial charge on any atom is 0.375 e. The SMILES string of the molecule is COCc1c(C(=O)OCC(=O)NC(=O)NCCc2cccs2)oc2ccccc12. The monoisotopic (exact) mass is 416 g/mol. The molecule has 0 radical (unpaired) electrons. The summed E-state index contributed by atoms with van der Waals surface area (Å²) in [7, 11) is 1.50. The van der Waals surface area contributed by atoms with E-state index in [2.05, 4.69) is 10.6 Å². The van der Waals surface area contributed by atoms with E-state index in [1.165, 1.54) is 7.11 Å². The van der Waals surface area contributed by atoms with Crippen molar-refractivity contribution >= 4 is 40.2 Å². The Morgan fingerprint density at radius 2 is 1.97 bits per heavy atom. The van der Waals surface area contributed by atoms with E-state index in [-0.39, 0.29) is 12.4 Å². The van der Waals surface area contributed by atoms with Crippen LogP contribution >= 0.6 is 11.3 Å². The summed E-state index contributed by atoms with van der Waals surface area (Å²) in [5, 5.41) is 7.37. The summed E-state index contributed by atoms with van der Waals surface area (Å²) in [4.78, 5) is 37.1. The number of esters is 1. The van der Waals surface area contributed by atoms with Gasteiger partial charge >= 0.3 is 12.0 Å². The van der Waals surface area contributed by atoms with Gasteiger partial charge in [-0.05, 0) is 23.9 Å². The fraction of sp³-hybridized carbons (Fsp3) is 0.250. The third kappa shape index (κ3) is 5.43. The highest BCUT2D eigenvalue weighted by atomic mass is 32.1. The lowest BCUT2D eigenvalue weighted by atomic mass is 10.1. The topological polar surface area (TPSA) is 107 Å². The summed E-state index contributed by atoms with van der Waals surface area (Å²) >= 11 is 1.59. The van der Waals surface area contributed by atoms with E-state index in [0.717, 1.165) is 10.3 Å². The lowest BCUT2D eigenvalue weighted by Crippen LogP contribution is -2.42. The summed E-state index contributed by atoms with van der Waals surface area (Å²) in [5.41, 5.74) is 1.06. The van der Waals surface area contributed by atoms with E-state index in [9.17, 15) is 14.4 Å². The van der Waals surface area contributed by atoms with Crippen LogP contribution < -0.4 is 10.6 Å². The predicted molar refractivity (Wildman–Crippen MR) is 107 cm³/mol. The third-order valence-corrected chi connectivity index (χ3v) is 4.93. The molecule has 9 heteroatoms. The number of benzene rings is 1. The van der Waals surface area contributed by atoms with Gasteiger partial charge in [0.05, 0.1) is 6.61 Å². The van der Waals surface area contributed by atoms with Crippen LogP contribution in [0.2, 0.25) is 0 Å². The quantitative estimate of drug-likeness (QED) is 0.547. The molecule has 0 spiro atoms. The number of fused-ring (bicyclic) bond motifs is 1. The molecule has 3 aromatic rings. The minimum Gasteiger partial charge on any atom is -0.450 e. The molecule has 0 aliphatic rings. The molecule has 0 saturated heterocycles. The van der Waals surface area contributed by atoms with E-state index in [0.29, 0.717) is 24.1 Å². The number of rotatable bonds is 8. The van der Waals surface area contributed by atoms with Crippen LogP contribution in [0.25, 0.3) is 11.0 Å². The van der Waals surface area contributed by atoms with Gasteiger partial charge in [-0.25, -0.2) is 9.59 Å². The van der Waals surface area contributed by atoms with Crippen molar-refractivity contribution < 1.29 is 28.3 Å². The second-order valence-electron chi connectivity index (χ2n) is 6.05. The Balaban J connectivity index is 1.49. The number of imide groups is 1. The molecule has 0 atom stereocenters. The van der Waals surface area contributed by atoms with Gasteiger partial charge in [0.15, 0.2) is 6.61 Å². The molecule has 3 rings (SSSR count). The van der Waals surface area contributed by atoms with Gasteiger partial charge in [0.25, 0.3) is 5.91 Å². The summed E-state index contributed by atoms with van der Waals surface area (Å²) < 4.78 is 15.7. The van der Waals surface area contributed by atoms with Crippen molar-refractivity contribution in [3.05, 3.63) is 58.0 Å². The highest BCUT2D eigenvalue weighted by Gasteiger charge is 2.22. The van der Waals surface area contributed by atoms with E-state index in [1.54, 1.807) is 29.5 Å². The van der Waals surface area contributed by atoms with Gasteiger partial charge in [-0.2, -0.15) is 0 Å². The van der Waals surface area contributed by atoms with Crippen molar-refractivity contribution in [2.75, 3.05) is 20.3 Å². The minimum absolute atomic E-state index is 0.0266. The van der Waals surface area contributed by atoms with E-state index >= 15 is 0 Å². The molecule has 0 fully saturated rings. The molecule has 29 heavy (non-hydrogen) atoms. The lowest BCUT2D eigenvalue weighted by molar-refractivity contribution is -0.123. The highest BCUT2D eigenvalue weighted by Crippen LogP contribution is 2.27. The Bertz CT molecular complexity index is 996. The zero-order valence-electron chi connectivity index (χ0n) is 15.7. The first kappa shape index (κ1) is 20.6. The number of amides is 3. The normalized spacial score (nSPS) is 10.7. The fourth-order valence-electron chi connectivity index (χ4n) is 2.71. The molecular weight excluding hydrogens is 396 g/mol. The molecule has 0 aliphatic heterocycles. The average molecular weight is 416 g/mol. The van der Waals surface area contributed by atoms with Crippen molar-refractivity contribution in [2.24, 2.45) is 0 Å². The minimum atomic E-state index is -0.804. The van der Waals surface area contributed by atoms with Crippen LogP contribution in [0.1, 0.15) is 21.0 Å². The average Bonchev–Trinajstić information content (AvgIpc) is 3.35. The molecule has 0 bridgehead atoms. The number of carbonyl (C=O) groups is 3. The van der Waals surface area contributed by atoms with Gasteiger partial charge in [0.2, 0.25) is 5.76 Å². The first-order chi connectivity index (χ1) is 14.1. The predicted octanol–water partition coefficient (Wildman–Crippen LogP) is 2.87. The number of nitrogens with one attached hydrogen (secondary N) is 2. The Hall–Kier alpha value is -3.17. The third-order valence-electron chi connectivity index (χ3n) is 4.00. The number of urea groups is 1. The van der Waals surface area contributed by atoms with Crippen LogP contribution in [0.5, 0.6) is 0 Å². The molecule has 3 amide bonds. The van der Waals surface area contributed by atoms with Crippen molar-refractivity contribution in [2.45, 2.75) is 13.0 Å². The number of hydrogen-bond acceptors (Lipinski definition) is 7. The number of thiophene rings is 1. The van der Waals surface area contributed by atoms with Gasteiger partial charge < -0.3 is 19.2 Å². The smallest absolute Gasteiger partial charge is 0.375 e. The number of para-hydroxylation sites is 1. The van der Waals surface area contributed by atoms with Gasteiger partial charge in [-0.1, -0.05) is 24.3 Å². The Labute approximate surface area is 170 Å². The molecular formula is C20H20N2O6S. The number of carbonyl (C=O) groups excluding carboxylic acids is 3. The van der Waals surface area contributed by atoms with Crippen LogP contribution in [-0.4, -0.2) is 38.2 Å². The molecule has 8 nitrogen and oxygen atoms in total. The zero-order chi connectivity index (χ0) is 20.6. The van der Waals surface area contributed by atoms with Crippen molar-refractivity contribution in [1.29, 1.82) is 0 Å². The number of hydrogen-bond donors (Lipinski definition) is 2. The Morgan fingerprint density at radius 1 is 1.14 bits per heavy atom. The van der Waals surface area contributed by atoms with Gasteiger partial charge in [0.1, 0.15) is 5.58 Å². The molecule has 1 aromatic carbocycles. The number of furan rings is 1. The van der Waals surface area contributed by atoms with Crippen LogP contribution in [-0.2, 0) is 27.3 Å². The summed E-state index contributed by atoms with van der Waals surface area (Å²) in [6, 6.07) is 10.4. The molecule has 0 saturated carbocycles. The molecule has 2 heterocycles. The Kier molecular flexibility index (Phi) is 6.99. The van der Waals surface area contributed by atoms with E-state index < -0.39 is 24.5 Å². The zero-order valence-corrected chi connectivity index (χ0v) is 16.5. The maximum atomic E-state index is 12.4. The summed E-state index contributed by atoms with van der Waals surface area (Å²) in [5.74, 6) is -1.57. The van der Waals surface area contributed by atoms with Crippen LogP contribution in [0.4, 0.5) is 4.79 Å². The first-order valence-electron chi connectivity index (χ1n) is 8.85. The number of methoxy groups -OCH3 is 1. The number of ether oxygens (including phenoxy) is 2. The molecule has 0 aliphatic carbocycles. The lowest BCUT2D eigenvalue weighted by Gasteiger charge is -2.07. The van der Waals surface area contributed by atoms with Gasteiger partial charge in [0, 0.05) is 29.5 Å². The van der Waals surface area contributed by atoms with Gasteiger partial charge in [-0.3, -0.25) is 10.1 Å². The summed E-state index contributed by atoms with van der Waals surface area (Å²) in [6.45, 7) is -0.0697. The van der Waals surface area contributed by atoms with Crippen molar-refractivity contribution in [3.63, 3.8) is 0 Å². The van der Waals surface area contributed by atoms with Gasteiger partial charge in [-0.15, -0.1) is 11.3 Å². The van der Waals surface area contributed by atoms with E-state index in [1.807, 2.05) is 23.6 Å².